The first-order chi connectivity index (χ1) is 19.8. The maximum atomic E-state index is 12.4. The summed E-state index contributed by atoms with van der Waals surface area (Å²) < 4.78 is 10.7. The molecule has 1 fully saturated rings. The Morgan fingerprint density at radius 2 is 1.85 bits per heavy atom. The lowest BCUT2D eigenvalue weighted by atomic mass is 9.95. The van der Waals surface area contributed by atoms with Crippen molar-refractivity contribution in [2.45, 2.75) is 58.1 Å². The fraction of sp³-hybridized carbons (Fsp3) is 0.419. The second-order valence-corrected chi connectivity index (χ2v) is 12.0. The summed E-state index contributed by atoms with van der Waals surface area (Å²) in [6, 6.07) is 14.9. The Bertz CT molecular complexity index is 1320. The third-order valence-corrected chi connectivity index (χ3v) is 8.83. The molecule has 1 aliphatic heterocycles. The van der Waals surface area contributed by atoms with E-state index in [-0.39, 0.29) is 24.6 Å². The summed E-state index contributed by atoms with van der Waals surface area (Å²) in [5, 5.41) is 14.2. The zero-order chi connectivity index (χ0) is 29.2. The van der Waals surface area contributed by atoms with E-state index in [0.29, 0.717) is 33.0 Å². The Hall–Kier alpha value is -2.62. The molecule has 1 aromatic heterocycles. The maximum absolute atomic E-state index is 12.4. The Morgan fingerprint density at radius 3 is 2.59 bits per heavy atom. The molecule has 1 unspecified atom stereocenters. The van der Waals surface area contributed by atoms with E-state index in [9.17, 15) is 14.7 Å². The number of para-hydroxylation sites is 1. The molecule has 0 saturated carbocycles. The predicted molar refractivity (Wildman–Crippen MR) is 164 cm³/mol. The van der Waals surface area contributed by atoms with Gasteiger partial charge in [0, 0.05) is 18.0 Å². The van der Waals surface area contributed by atoms with E-state index in [0.717, 1.165) is 69.3 Å². The Morgan fingerprint density at radius 1 is 1.07 bits per heavy atom. The van der Waals surface area contributed by atoms with Gasteiger partial charge in [-0.3, -0.25) is 9.69 Å². The molecule has 7 nitrogen and oxygen atoms in total. The standard InChI is InChI=1S/C19H21NO4S.C12H15Cl2NO/c1-2-23-19(22)17-14-10-6-7-11-15(14)25-18(17)20-16(21)12-24-13-8-4-3-5-9-13;13-11-4-3-9(6-12(11)14)7-15-5-1-2-10(16)8-15/h3-5,8-9H,2,6-7,10-12H2,1H3,(H,20,21);3-4,6,10,16H,1-2,5,7-8H2. The van der Waals surface area contributed by atoms with Crippen LogP contribution in [0.4, 0.5) is 5.00 Å². The molecule has 2 aromatic carbocycles. The molecule has 2 aliphatic rings. The number of esters is 1. The summed E-state index contributed by atoms with van der Waals surface area (Å²) in [7, 11) is 0. The van der Waals surface area contributed by atoms with Gasteiger partial charge in [-0.1, -0.05) is 47.5 Å². The summed E-state index contributed by atoms with van der Waals surface area (Å²) in [5.41, 5.74) is 2.70. The van der Waals surface area contributed by atoms with Gasteiger partial charge in [-0.2, -0.15) is 0 Å². The van der Waals surface area contributed by atoms with Crippen LogP contribution in [0.25, 0.3) is 0 Å². The molecule has 5 rings (SSSR count). The number of benzene rings is 2. The van der Waals surface area contributed by atoms with E-state index < -0.39 is 0 Å². The number of nitrogens with one attached hydrogen (secondary N) is 1. The normalized spacial score (nSPS) is 16.6. The monoisotopic (exact) mass is 618 g/mol. The van der Waals surface area contributed by atoms with Gasteiger partial charge in [-0.15, -0.1) is 11.3 Å². The van der Waals surface area contributed by atoms with Crippen LogP contribution in [0.3, 0.4) is 0 Å². The number of ether oxygens (including phenoxy) is 2. The lowest BCUT2D eigenvalue weighted by molar-refractivity contribution is -0.118. The molecule has 1 aliphatic carbocycles. The van der Waals surface area contributed by atoms with Crippen molar-refractivity contribution in [3.63, 3.8) is 0 Å². The summed E-state index contributed by atoms with van der Waals surface area (Å²) in [4.78, 5) is 28.0. The van der Waals surface area contributed by atoms with E-state index in [2.05, 4.69) is 10.2 Å². The van der Waals surface area contributed by atoms with Crippen LogP contribution in [0.1, 0.15) is 59.0 Å². The predicted octanol–water partition coefficient (Wildman–Crippen LogP) is 6.77. The molecular formula is C31H36Cl2N2O5S. The fourth-order valence-corrected chi connectivity index (χ4v) is 6.59. The Balaban J connectivity index is 0.000000208. The highest BCUT2D eigenvalue weighted by molar-refractivity contribution is 7.17. The number of piperidine rings is 1. The highest BCUT2D eigenvalue weighted by Gasteiger charge is 2.27. The first-order valence-corrected chi connectivity index (χ1v) is 15.5. The van der Waals surface area contributed by atoms with E-state index in [1.807, 2.05) is 36.4 Å². The van der Waals surface area contributed by atoms with E-state index in [1.165, 1.54) is 16.2 Å². The number of β-amino-alcohol motifs (C(OH)–C–C–N with tert-alkyl or cyclic N) is 1. The Labute approximate surface area is 255 Å². The van der Waals surface area contributed by atoms with Crippen LogP contribution in [-0.2, 0) is 28.9 Å². The zero-order valence-electron chi connectivity index (χ0n) is 23.2. The lowest BCUT2D eigenvalue weighted by Crippen LogP contribution is -2.37. The molecule has 0 radical (unpaired) electrons. The third-order valence-electron chi connectivity index (χ3n) is 6.89. The largest absolute Gasteiger partial charge is 0.484 e. The number of carbonyl (C=O) groups is 2. The molecular weight excluding hydrogens is 583 g/mol. The molecule has 10 heteroatoms. The van der Waals surface area contributed by atoms with Gasteiger partial charge in [0.1, 0.15) is 10.8 Å². The number of carbonyl (C=O) groups excluding carboxylic acids is 2. The molecule has 1 amide bonds. The second-order valence-electron chi connectivity index (χ2n) is 10.1. The van der Waals surface area contributed by atoms with Crippen molar-refractivity contribution >= 4 is 51.4 Å². The zero-order valence-corrected chi connectivity index (χ0v) is 25.5. The van der Waals surface area contributed by atoms with Crippen LogP contribution >= 0.6 is 34.5 Å². The number of nitrogens with zero attached hydrogens (tertiary/aromatic N) is 1. The number of likely N-dealkylation sites (tertiary alicyclic amines) is 1. The van der Waals surface area contributed by atoms with Crippen LogP contribution in [0, 0.1) is 0 Å². The number of aliphatic hydroxyl groups is 1. The summed E-state index contributed by atoms with van der Waals surface area (Å²) >= 11 is 13.3. The number of rotatable bonds is 8. The number of amides is 1. The average molecular weight is 620 g/mol. The van der Waals surface area contributed by atoms with Gasteiger partial charge < -0.3 is 19.9 Å². The van der Waals surface area contributed by atoms with Crippen molar-refractivity contribution < 1.29 is 24.2 Å². The van der Waals surface area contributed by atoms with Crippen LogP contribution in [0.15, 0.2) is 48.5 Å². The SMILES string of the molecule is CCOC(=O)c1c(NC(=O)COc2ccccc2)sc2c1CCCC2.OC1CCCN(Cc2ccc(Cl)c(Cl)c2)C1. The van der Waals surface area contributed by atoms with E-state index >= 15 is 0 Å². The van der Waals surface area contributed by atoms with Crippen molar-refractivity contribution in [3.8, 4) is 5.75 Å². The topological polar surface area (TPSA) is 88.1 Å². The van der Waals surface area contributed by atoms with Crippen molar-refractivity contribution in [1.82, 2.24) is 4.90 Å². The number of fused-ring (bicyclic) bond motifs is 1. The molecule has 1 atom stereocenters. The van der Waals surface area contributed by atoms with Crippen molar-refractivity contribution in [1.29, 1.82) is 0 Å². The second kappa shape index (κ2) is 15.6. The van der Waals surface area contributed by atoms with Crippen LogP contribution < -0.4 is 10.1 Å². The minimum Gasteiger partial charge on any atom is -0.484 e. The number of thiophene rings is 1. The van der Waals surface area contributed by atoms with Crippen molar-refractivity contribution in [2.75, 3.05) is 31.6 Å². The third kappa shape index (κ3) is 9.18. The van der Waals surface area contributed by atoms with Gasteiger partial charge >= 0.3 is 5.97 Å². The van der Waals surface area contributed by atoms with Gasteiger partial charge in [-0.05, 0) is 87.4 Å². The summed E-state index contributed by atoms with van der Waals surface area (Å²) in [5.74, 6) is -0.0112. The molecule has 41 heavy (non-hydrogen) atoms. The van der Waals surface area contributed by atoms with Gasteiger partial charge in [-0.25, -0.2) is 4.79 Å². The van der Waals surface area contributed by atoms with E-state index in [1.54, 1.807) is 19.1 Å². The van der Waals surface area contributed by atoms with Gasteiger partial charge in [0.2, 0.25) is 0 Å². The van der Waals surface area contributed by atoms with Gasteiger partial charge in [0.05, 0.1) is 28.3 Å². The van der Waals surface area contributed by atoms with Gasteiger partial charge in [0.15, 0.2) is 6.61 Å². The number of aryl methyl sites for hydroxylation is 1. The summed E-state index contributed by atoms with van der Waals surface area (Å²) in [6.45, 7) is 4.61. The highest BCUT2D eigenvalue weighted by atomic mass is 35.5. The smallest absolute Gasteiger partial charge is 0.341 e. The first kappa shape index (κ1) is 31.3. The molecule has 220 valence electrons. The average Bonchev–Trinajstić information content (AvgIpc) is 3.33. The quantitative estimate of drug-likeness (QED) is 0.271. The van der Waals surface area contributed by atoms with Gasteiger partial charge in [0.25, 0.3) is 5.91 Å². The van der Waals surface area contributed by atoms with Crippen LogP contribution in [0.5, 0.6) is 5.75 Å². The Kier molecular flexibility index (Phi) is 11.9. The number of anilines is 1. The highest BCUT2D eigenvalue weighted by Crippen LogP contribution is 2.38. The number of hydrogen-bond donors (Lipinski definition) is 2. The number of aliphatic hydroxyl groups excluding tert-OH is 1. The van der Waals surface area contributed by atoms with Crippen molar-refractivity contribution in [2.24, 2.45) is 0 Å². The molecule has 3 aromatic rings. The number of hydrogen-bond acceptors (Lipinski definition) is 7. The molecule has 0 bridgehead atoms. The van der Waals surface area contributed by atoms with Crippen LogP contribution in [0.2, 0.25) is 10.0 Å². The lowest BCUT2D eigenvalue weighted by Gasteiger charge is -2.30. The molecule has 2 N–H and O–H groups in total. The first-order valence-electron chi connectivity index (χ1n) is 14.0. The fourth-order valence-electron chi connectivity index (χ4n) is 4.97. The van der Waals surface area contributed by atoms with Crippen molar-refractivity contribution in [3.05, 3.63) is 80.1 Å². The summed E-state index contributed by atoms with van der Waals surface area (Å²) in [6.07, 6.45) is 5.76. The minimum atomic E-state index is -0.360. The molecule has 2 heterocycles. The molecule has 0 spiro atoms. The number of halogens is 2. The van der Waals surface area contributed by atoms with Crippen LogP contribution in [-0.4, -0.2) is 54.3 Å². The van der Waals surface area contributed by atoms with E-state index in [4.69, 9.17) is 32.7 Å². The molecule has 1 saturated heterocycles. The minimum absolute atomic E-state index is 0.102. The maximum Gasteiger partial charge on any atom is 0.341 e.